The lowest BCUT2D eigenvalue weighted by Gasteiger charge is -2.32. The highest BCUT2D eigenvalue weighted by Gasteiger charge is 2.25. The van der Waals surface area contributed by atoms with E-state index in [1.165, 1.54) is 0 Å². The molecule has 2 rings (SSSR count). The molecule has 148 valence electrons. The fourth-order valence-electron chi connectivity index (χ4n) is 3.09. The first-order valence-electron chi connectivity index (χ1n) is 8.59. The summed E-state index contributed by atoms with van der Waals surface area (Å²) < 4.78 is 35.2. The van der Waals surface area contributed by atoms with E-state index in [0.29, 0.717) is 42.9 Å². The zero-order chi connectivity index (χ0) is 18.4. The van der Waals surface area contributed by atoms with E-state index in [1.54, 1.807) is 30.9 Å². The molecule has 1 amide bonds. The van der Waals surface area contributed by atoms with Crippen LogP contribution < -0.4 is 10.5 Å². The summed E-state index contributed by atoms with van der Waals surface area (Å²) in [5.74, 6) is 0.0498. The van der Waals surface area contributed by atoms with E-state index in [1.807, 2.05) is 0 Å². The topological polar surface area (TPSA) is 64.8 Å². The van der Waals surface area contributed by atoms with Crippen molar-refractivity contribution < 1.29 is 23.0 Å². The minimum atomic E-state index is -2.88. The molecule has 0 aliphatic carbocycles. The highest BCUT2D eigenvalue weighted by atomic mass is 35.5. The first-order chi connectivity index (χ1) is 11.9. The minimum absolute atomic E-state index is 0. The van der Waals surface area contributed by atoms with Crippen LogP contribution in [0.1, 0.15) is 40.7 Å². The van der Waals surface area contributed by atoms with Crippen LogP contribution in [0.4, 0.5) is 8.78 Å². The molecular formula is C18H27ClF2N2O3. The molecule has 0 bridgehead atoms. The lowest BCUT2D eigenvalue weighted by Crippen LogP contribution is -2.41. The Hall–Kier alpha value is -1.44. The number of halogens is 3. The zero-order valence-corrected chi connectivity index (χ0v) is 16.0. The minimum Gasteiger partial charge on any atom is -0.434 e. The molecule has 5 nitrogen and oxygen atoms in total. The lowest BCUT2D eigenvalue weighted by atomic mass is 10.0. The number of nitrogens with zero attached hydrogens (tertiary/aromatic N) is 1. The second-order valence-electron chi connectivity index (χ2n) is 6.32. The fraction of sp³-hybridized carbons (Fsp3) is 0.611. The van der Waals surface area contributed by atoms with Crippen LogP contribution >= 0.6 is 12.4 Å². The monoisotopic (exact) mass is 392 g/mol. The molecule has 1 saturated heterocycles. The number of carbonyl (C=O) groups excluding carboxylic acids is 1. The molecule has 0 spiro atoms. The Morgan fingerprint density at radius 3 is 2.35 bits per heavy atom. The van der Waals surface area contributed by atoms with Gasteiger partial charge in [-0.05, 0) is 62.9 Å². The zero-order valence-electron chi connectivity index (χ0n) is 15.2. The number of carbonyl (C=O) groups is 1. The molecular weight excluding hydrogens is 366 g/mol. The largest absolute Gasteiger partial charge is 0.434 e. The molecule has 0 radical (unpaired) electrons. The maximum absolute atomic E-state index is 12.7. The Kier molecular flexibility index (Phi) is 9.25. The molecule has 0 saturated carbocycles. The smallest absolute Gasteiger partial charge is 0.387 e. The molecule has 1 fully saturated rings. The molecule has 26 heavy (non-hydrogen) atoms. The summed E-state index contributed by atoms with van der Waals surface area (Å²) >= 11 is 0. The predicted octanol–water partition coefficient (Wildman–Crippen LogP) is 3.30. The van der Waals surface area contributed by atoms with Gasteiger partial charge >= 0.3 is 6.61 Å². The number of rotatable bonds is 7. The van der Waals surface area contributed by atoms with Crippen molar-refractivity contribution >= 4 is 18.3 Å². The molecule has 2 N–H and O–H groups in total. The van der Waals surface area contributed by atoms with Crippen molar-refractivity contribution in [2.45, 2.75) is 45.8 Å². The molecule has 1 heterocycles. The normalized spacial score (nSPS) is 15.1. The van der Waals surface area contributed by atoms with Crippen molar-refractivity contribution in [3.05, 3.63) is 28.8 Å². The number of benzene rings is 1. The van der Waals surface area contributed by atoms with Crippen LogP contribution in [0.15, 0.2) is 12.1 Å². The van der Waals surface area contributed by atoms with Gasteiger partial charge in [-0.2, -0.15) is 8.78 Å². The van der Waals surface area contributed by atoms with Gasteiger partial charge in [0, 0.05) is 25.3 Å². The second kappa shape index (κ2) is 10.6. The number of amides is 1. The lowest BCUT2D eigenvalue weighted by molar-refractivity contribution is -0.0507. The SMILES string of the molecule is Cc1cc(C(=O)N2CCC(OCCCN)CC2)cc(C)c1OC(F)F.Cl. The molecule has 0 atom stereocenters. The molecule has 8 heteroatoms. The summed E-state index contributed by atoms with van der Waals surface area (Å²) in [7, 11) is 0. The number of piperidine rings is 1. The Labute approximate surface area is 159 Å². The van der Waals surface area contributed by atoms with Crippen LogP contribution in [0.3, 0.4) is 0 Å². The van der Waals surface area contributed by atoms with Gasteiger partial charge in [-0.25, -0.2) is 0 Å². The van der Waals surface area contributed by atoms with E-state index < -0.39 is 6.61 Å². The average molecular weight is 393 g/mol. The van der Waals surface area contributed by atoms with E-state index >= 15 is 0 Å². The Balaban J connectivity index is 0.00000338. The van der Waals surface area contributed by atoms with Crippen LogP contribution in [0.2, 0.25) is 0 Å². The molecule has 1 aliphatic heterocycles. The molecule has 1 aromatic carbocycles. The molecule has 1 aliphatic rings. The number of ether oxygens (including phenoxy) is 2. The highest BCUT2D eigenvalue weighted by molar-refractivity contribution is 5.95. The number of likely N-dealkylation sites (tertiary alicyclic amines) is 1. The number of aryl methyl sites for hydroxylation is 2. The quantitative estimate of drug-likeness (QED) is 0.723. The maximum Gasteiger partial charge on any atom is 0.387 e. The van der Waals surface area contributed by atoms with Gasteiger partial charge < -0.3 is 20.1 Å². The summed E-state index contributed by atoms with van der Waals surface area (Å²) in [5.41, 5.74) is 7.01. The summed E-state index contributed by atoms with van der Waals surface area (Å²) in [6.45, 7) is 2.97. The van der Waals surface area contributed by atoms with Gasteiger partial charge in [-0.3, -0.25) is 4.79 Å². The van der Waals surface area contributed by atoms with Crippen molar-refractivity contribution in [1.82, 2.24) is 4.90 Å². The van der Waals surface area contributed by atoms with Crippen molar-refractivity contribution in [1.29, 1.82) is 0 Å². The van der Waals surface area contributed by atoms with Gasteiger partial charge in [0.1, 0.15) is 5.75 Å². The number of nitrogens with two attached hydrogens (primary N) is 1. The van der Waals surface area contributed by atoms with E-state index in [9.17, 15) is 13.6 Å². The van der Waals surface area contributed by atoms with Crippen LogP contribution in [0.25, 0.3) is 0 Å². The van der Waals surface area contributed by atoms with Crippen LogP contribution in [0, 0.1) is 13.8 Å². The Bertz CT molecular complexity index is 571. The Morgan fingerprint density at radius 2 is 1.85 bits per heavy atom. The third-order valence-electron chi connectivity index (χ3n) is 4.35. The van der Waals surface area contributed by atoms with Crippen LogP contribution in [-0.2, 0) is 4.74 Å². The molecule has 0 unspecified atom stereocenters. The molecule has 0 aromatic heterocycles. The summed E-state index contributed by atoms with van der Waals surface area (Å²) in [6.07, 6.45) is 2.59. The third kappa shape index (κ3) is 6.07. The first-order valence-corrected chi connectivity index (χ1v) is 8.59. The van der Waals surface area contributed by atoms with E-state index in [4.69, 9.17) is 10.5 Å². The third-order valence-corrected chi connectivity index (χ3v) is 4.35. The van der Waals surface area contributed by atoms with Crippen LogP contribution in [-0.4, -0.2) is 49.8 Å². The fourth-order valence-corrected chi connectivity index (χ4v) is 3.09. The average Bonchev–Trinajstić information content (AvgIpc) is 2.58. The second-order valence-corrected chi connectivity index (χ2v) is 6.32. The van der Waals surface area contributed by atoms with E-state index in [-0.39, 0.29) is 30.2 Å². The van der Waals surface area contributed by atoms with Crippen molar-refractivity contribution in [3.8, 4) is 5.75 Å². The standard InChI is InChI=1S/C18H26F2N2O3.ClH/c1-12-10-14(11-13(2)16(12)25-18(19)20)17(23)22-7-4-15(5-8-22)24-9-3-6-21;/h10-11,15,18H,3-9,21H2,1-2H3;1H. The van der Waals surface area contributed by atoms with Crippen molar-refractivity contribution in [3.63, 3.8) is 0 Å². The number of alkyl halides is 2. The van der Waals surface area contributed by atoms with Crippen molar-refractivity contribution in [2.24, 2.45) is 5.73 Å². The van der Waals surface area contributed by atoms with Gasteiger partial charge in [-0.1, -0.05) is 0 Å². The van der Waals surface area contributed by atoms with Crippen LogP contribution in [0.5, 0.6) is 5.75 Å². The summed E-state index contributed by atoms with van der Waals surface area (Å²) in [6, 6.07) is 3.22. The number of hydrogen-bond acceptors (Lipinski definition) is 4. The van der Waals surface area contributed by atoms with E-state index in [2.05, 4.69) is 4.74 Å². The van der Waals surface area contributed by atoms with Gasteiger partial charge in [-0.15, -0.1) is 12.4 Å². The maximum atomic E-state index is 12.7. The number of hydrogen-bond donors (Lipinski definition) is 1. The Morgan fingerprint density at radius 1 is 1.27 bits per heavy atom. The predicted molar refractivity (Wildman–Crippen MR) is 98.3 cm³/mol. The van der Waals surface area contributed by atoms with E-state index in [0.717, 1.165) is 19.3 Å². The van der Waals surface area contributed by atoms with Crippen molar-refractivity contribution in [2.75, 3.05) is 26.2 Å². The summed E-state index contributed by atoms with van der Waals surface area (Å²) in [5, 5.41) is 0. The molecule has 1 aromatic rings. The first kappa shape index (κ1) is 22.6. The van der Waals surface area contributed by atoms with Gasteiger partial charge in [0.15, 0.2) is 0 Å². The van der Waals surface area contributed by atoms with Gasteiger partial charge in [0.25, 0.3) is 5.91 Å². The van der Waals surface area contributed by atoms with Gasteiger partial charge in [0.05, 0.1) is 6.10 Å². The van der Waals surface area contributed by atoms with Gasteiger partial charge in [0.2, 0.25) is 0 Å². The highest BCUT2D eigenvalue weighted by Crippen LogP contribution is 2.27. The summed E-state index contributed by atoms with van der Waals surface area (Å²) in [4.78, 5) is 14.5.